The molecular formula is C17H19F2N7S2. The molecule has 2 aliphatic rings. The van der Waals surface area contributed by atoms with Crippen LogP contribution in [0.2, 0.25) is 0 Å². The monoisotopic (exact) mass is 423 g/mol. The second-order valence-corrected chi connectivity index (χ2v) is 9.46. The largest absolute Gasteiger partial charge is 0.367 e. The van der Waals surface area contributed by atoms with Crippen LogP contribution in [0.1, 0.15) is 31.2 Å². The molecule has 1 aliphatic heterocycles. The average Bonchev–Trinajstić information content (AvgIpc) is 3.05. The lowest BCUT2D eigenvalue weighted by atomic mass is 10.1. The molecule has 0 bridgehead atoms. The lowest BCUT2D eigenvalue weighted by Crippen LogP contribution is -2.56. The molecule has 11 heteroatoms. The summed E-state index contributed by atoms with van der Waals surface area (Å²) in [5, 5.41) is 7.60. The third-order valence-corrected chi connectivity index (χ3v) is 7.06. The highest BCUT2D eigenvalue weighted by Crippen LogP contribution is 2.39. The van der Waals surface area contributed by atoms with Gasteiger partial charge in [-0.15, -0.1) is 10.2 Å². The van der Waals surface area contributed by atoms with Gasteiger partial charge in [-0.05, 0) is 37.8 Å². The Morgan fingerprint density at radius 1 is 1.36 bits per heavy atom. The zero-order chi connectivity index (χ0) is 19.5. The van der Waals surface area contributed by atoms with Crippen molar-refractivity contribution >= 4 is 34.5 Å². The predicted molar refractivity (Wildman–Crippen MR) is 106 cm³/mol. The molecule has 1 saturated carbocycles. The molecule has 2 fully saturated rings. The Balaban J connectivity index is 1.56. The molecule has 3 aromatic rings. The molecule has 3 N–H and O–H groups in total. The van der Waals surface area contributed by atoms with Crippen LogP contribution in [0.3, 0.4) is 0 Å². The maximum Gasteiger partial charge on any atom is 0.291 e. The molecule has 0 radical (unpaired) electrons. The Bertz CT molecular complexity index is 1020. The van der Waals surface area contributed by atoms with Gasteiger partial charge in [-0.25, -0.2) is 13.8 Å². The number of nitrogens with zero attached hydrogens (tertiary/aromatic N) is 5. The minimum absolute atomic E-state index is 0.166. The molecule has 28 heavy (non-hydrogen) atoms. The third-order valence-electron chi connectivity index (χ3n) is 5.08. The van der Waals surface area contributed by atoms with Gasteiger partial charge in [-0.3, -0.25) is 9.12 Å². The lowest BCUT2D eigenvalue weighted by Gasteiger charge is -2.39. The van der Waals surface area contributed by atoms with Crippen LogP contribution < -0.4 is 15.4 Å². The zero-order valence-electron chi connectivity index (χ0n) is 15.1. The van der Waals surface area contributed by atoms with E-state index in [1.54, 1.807) is 18.1 Å². The number of nitrogens with two attached hydrogens (primary N) is 1. The summed E-state index contributed by atoms with van der Waals surface area (Å²) < 4.78 is 31.3. The highest BCUT2D eigenvalue weighted by atomic mass is 32.2. The molecule has 0 aromatic carbocycles. The van der Waals surface area contributed by atoms with E-state index in [4.69, 9.17) is 5.73 Å². The summed E-state index contributed by atoms with van der Waals surface area (Å²) in [6, 6.07) is 2.29. The Morgan fingerprint density at radius 3 is 2.79 bits per heavy atom. The molecule has 0 unspecified atom stereocenters. The van der Waals surface area contributed by atoms with E-state index >= 15 is 0 Å². The van der Waals surface area contributed by atoms with Crippen LogP contribution in [-0.4, -0.2) is 44.3 Å². The van der Waals surface area contributed by atoms with E-state index in [2.05, 4.69) is 37.8 Å². The van der Waals surface area contributed by atoms with Crippen molar-refractivity contribution in [1.29, 1.82) is 0 Å². The van der Waals surface area contributed by atoms with Gasteiger partial charge in [0.2, 0.25) is 0 Å². The first-order valence-corrected chi connectivity index (χ1v) is 10.6. The SMILES string of the molecule is CC1(NSc2cc(N3CC(N)C3)c3cnc(-c4nnc(C(F)F)s4)n3c2)CC1. The number of pyridine rings is 1. The number of fused-ring (bicyclic) bond motifs is 1. The Hall–Kier alpha value is -1.82. The highest BCUT2D eigenvalue weighted by molar-refractivity contribution is 7.97. The van der Waals surface area contributed by atoms with Crippen LogP contribution in [0.15, 0.2) is 23.4 Å². The van der Waals surface area contributed by atoms with Crippen molar-refractivity contribution in [3.05, 3.63) is 23.5 Å². The van der Waals surface area contributed by atoms with E-state index in [1.807, 2.05) is 10.6 Å². The molecule has 1 aliphatic carbocycles. The van der Waals surface area contributed by atoms with Gasteiger partial charge in [-0.1, -0.05) is 11.3 Å². The molecule has 148 valence electrons. The fourth-order valence-electron chi connectivity index (χ4n) is 3.12. The van der Waals surface area contributed by atoms with Gasteiger partial charge in [0, 0.05) is 35.8 Å². The lowest BCUT2D eigenvalue weighted by molar-refractivity contribution is 0.150. The topological polar surface area (TPSA) is 84.4 Å². The number of rotatable bonds is 6. The fourth-order valence-corrected chi connectivity index (χ4v) is 4.71. The first kappa shape index (κ1) is 18.2. The Kier molecular flexibility index (Phi) is 4.30. The van der Waals surface area contributed by atoms with Crippen LogP contribution in [0.25, 0.3) is 16.3 Å². The zero-order valence-corrected chi connectivity index (χ0v) is 16.7. The summed E-state index contributed by atoms with van der Waals surface area (Å²) in [6.07, 6.45) is 3.40. The number of aromatic nitrogens is 4. The smallest absolute Gasteiger partial charge is 0.291 e. The molecule has 0 amide bonds. The van der Waals surface area contributed by atoms with Crippen molar-refractivity contribution in [1.82, 2.24) is 24.3 Å². The quantitative estimate of drug-likeness (QED) is 0.590. The number of hydrogen-bond acceptors (Lipinski definition) is 8. The number of imidazole rings is 1. The van der Waals surface area contributed by atoms with Gasteiger partial charge in [0.25, 0.3) is 6.43 Å². The number of anilines is 1. The number of nitrogens with one attached hydrogen (secondary N) is 1. The molecule has 5 rings (SSSR count). The van der Waals surface area contributed by atoms with Crippen LogP contribution in [0, 0.1) is 0 Å². The van der Waals surface area contributed by atoms with Crippen molar-refractivity contribution in [2.24, 2.45) is 5.73 Å². The minimum atomic E-state index is -2.63. The van der Waals surface area contributed by atoms with Crippen LogP contribution in [0.5, 0.6) is 0 Å². The molecule has 1 saturated heterocycles. The fraction of sp³-hybridized carbons (Fsp3) is 0.471. The Labute approximate surface area is 168 Å². The van der Waals surface area contributed by atoms with E-state index in [9.17, 15) is 8.78 Å². The van der Waals surface area contributed by atoms with Crippen molar-refractivity contribution < 1.29 is 8.78 Å². The maximum atomic E-state index is 12.9. The number of alkyl halides is 2. The summed E-state index contributed by atoms with van der Waals surface area (Å²) in [4.78, 5) is 7.69. The van der Waals surface area contributed by atoms with Gasteiger partial charge in [0.1, 0.15) is 0 Å². The molecule has 0 spiro atoms. The van der Waals surface area contributed by atoms with Gasteiger partial charge >= 0.3 is 0 Å². The molecule has 7 nitrogen and oxygen atoms in total. The summed E-state index contributed by atoms with van der Waals surface area (Å²) in [7, 11) is 0. The third kappa shape index (κ3) is 3.25. The number of hydrogen-bond donors (Lipinski definition) is 2. The summed E-state index contributed by atoms with van der Waals surface area (Å²) in [6.45, 7) is 3.76. The summed E-state index contributed by atoms with van der Waals surface area (Å²) >= 11 is 2.45. The standard InChI is InChI=1S/C17H19F2N7S2/c1-17(2-3-17)24-28-10-4-11(25-6-9(20)7-25)12-5-21-14(26(12)8-10)16-23-22-15(27-16)13(18)19/h4-5,8-9,13,24H,2-3,6-7,20H2,1H3. The van der Waals surface area contributed by atoms with Gasteiger partial charge < -0.3 is 10.6 Å². The predicted octanol–water partition coefficient (Wildman–Crippen LogP) is 3.09. The van der Waals surface area contributed by atoms with E-state index < -0.39 is 6.43 Å². The van der Waals surface area contributed by atoms with Gasteiger partial charge in [0.15, 0.2) is 15.8 Å². The van der Waals surface area contributed by atoms with E-state index in [0.717, 1.165) is 53.4 Å². The second kappa shape index (κ2) is 6.61. The number of halogens is 2. The molecular weight excluding hydrogens is 404 g/mol. The average molecular weight is 424 g/mol. The second-order valence-electron chi connectivity index (χ2n) is 7.57. The highest BCUT2D eigenvalue weighted by Gasteiger charge is 2.37. The normalized spacial score (nSPS) is 18.8. The summed E-state index contributed by atoms with van der Waals surface area (Å²) in [5.41, 5.74) is 8.09. The van der Waals surface area contributed by atoms with Gasteiger partial charge in [0.05, 0.1) is 17.4 Å². The Morgan fingerprint density at radius 2 is 2.14 bits per heavy atom. The van der Waals surface area contributed by atoms with Crippen LogP contribution in [-0.2, 0) is 0 Å². The molecule has 0 atom stereocenters. The van der Waals surface area contributed by atoms with Crippen molar-refractivity contribution in [3.63, 3.8) is 0 Å². The summed E-state index contributed by atoms with van der Waals surface area (Å²) in [5.74, 6) is 0.519. The van der Waals surface area contributed by atoms with Gasteiger partial charge in [-0.2, -0.15) is 0 Å². The van der Waals surface area contributed by atoms with Crippen molar-refractivity contribution in [2.75, 3.05) is 18.0 Å². The van der Waals surface area contributed by atoms with Crippen molar-refractivity contribution in [2.45, 2.75) is 42.7 Å². The molecule has 3 aromatic heterocycles. The minimum Gasteiger partial charge on any atom is -0.367 e. The van der Waals surface area contributed by atoms with E-state index in [0.29, 0.717) is 10.8 Å². The maximum absolute atomic E-state index is 12.9. The molecule has 4 heterocycles. The first-order valence-electron chi connectivity index (χ1n) is 8.99. The van der Waals surface area contributed by atoms with Crippen LogP contribution in [0.4, 0.5) is 14.5 Å². The van der Waals surface area contributed by atoms with E-state index in [-0.39, 0.29) is 16.6 Å². The van der Waals surface area contributed by atoms with E-state index in [1.165, 1.54) is 0 Å². The van der Waals surface area contributed by atoms with Crippen molar-refractivity contribution in [3.8, 4) is 10.8 Å². The van der Waals surface area contributed by atoms with Crippen LogP contribution >= 0.6 is 23.3 Å². The first-order chi connectivity index (χ1) is 13.4.